The fraction of sp³-hybridized carbons (Fsp3) is 0.667. The highest BCUT2D eigenvalue weighted by Crippen LogP contribution is 2.53. The van der Waals surface area contributed by atoms with Gasteiger partial charge in [0.15, 0.2) is 0 Å². The summed E-state index contributed by atoms with van der Waals surface area (Å²) in [5.41, 5.74) is -1.08. The number of methoxy groups -OCH3 is 1. The van der Waals surface area contributed by atoms with Gasteiger partial charge in [-0.25, -0.2) is 14.4 Å². The van der Waals surface area contributed by atoms with E-state index in [-0.39, 0.29) is 12.5 Å². The zero-order valence-electron chi connectivity index (χ0n) is 25.7. The molecule has 2 fully saturated rings. The molecule has 0 unspecified atom stereocenters. The van der Waals surface area contributed by atoms with Crippen molar-refractivity contribution in [2.45, 2.75) is 103 Å². The van der Waals surface area contributed by atoms with Gasteiger partial charge in [-0.2, -0.15) is 4.90 Å². The van der Waals surface area contributed by atoms with Crippen LogP contribution >= 0.6 is 11.6 Å². The second-order valence-corrected chi connectivity index (χ2v) is 14.0. The van der Waals surface area contributed by atoms with Crippen LogP contribution in [0.25, 0.3) is 0 Å². The topological polar surface area (TPSA) is 124 Å². The van der Waals surface area contributed by atoms with Crippen molar-refractivity contribution < 1.29 is 38.1 Å². The van der Waals surface area contributed by atoms with E-state index in [1.54, 1.807) is 48.7 Å². The van der Waals surface area contributed by atoms with Crippen LogP contribution < -0.4 is 10.1 Å². The Hall–Kier alpha value is -3.05. The van der Waals surface area contributed by atoms with Gasteiger partial charge in [0.25, 0.3) is 5.91 Å². The number of imide groups is 3. The van der Waals surface area contributed by atoms with E-state index in [1.165, 1.54) is 0 Å². The number of halogens is 1. The van der Waals surface area contributed by atoms with Crippen LogP contribution in [0.5, 0.6) is 5.75 Å². The fourth-order valence-electron chi connectivity index (χ4n) is 6.11. The molecule has 42 heavy (non-hydrogen) atoms. The van der Waals surface area contributed by atoms with Gasteiger partial charge in [0, 0.05) is 24.5 Å². The van der Waals surface area contributed by atoms with Crippen molar-refractivity contribution in [3.63, 3.8) is 0 Å². The van der Waals surface area contributed by atoms with Gasteiger partial charge in [-0.15, -0.1) is 0 Å². The first-order chi connectivity index (χ1) is 19.4. The number of ether oxygens (including phenoxy) is 4. The summed E-state index contributed by atoms with van der Waals surface area (Å²) in [6.07, 6.45) is 0.00120. The number of carbonyl (C=O) groups excluding carboxylic acids is 4. The Morgan fingerprint density at radius 1 is 1.02 bits per heavy atom. The lowest BCUT2D eigenvalue weighted by atomic mass is 9.69. The summed E-state index contributed by atoms with van der Waals surface area (Å²) in [5, 5.41) is 3.31. The Bertz CT molecular complexity index is 1260. The lowest BCUT2D eigenvalue weighted by Crippen LogP contribution is -2.56. The van der Waals surface area contributed by atoms with E-state index in [4.69, 9.17) is 30.5 Å². The third-order valence-electron chi connectivity index (χ3n) is 7.92. The van der Waals surface area contributed by atoms with E-state index < -0.39 is 46.5 Å². The van der Waals surface area contributed by atoms with E-state index in [9.17, 15) is 19.2 Å². The molecule has 1 saturated carbocycles. The number of hydrogen-bond acceptors (Lipinski definition) is 9. The number of fused-ring (bicyclic) bond motifs is 2. The van der Waals surface area contributed by atoms with Crippen LogP contribution in [0.3, 0.4) is 0 Å². The summed E-state index contributed by atoms with van der Waals surface area (Å²) in [6, 6.07) is 3.10. The predicted molar refractivity (Wildman–Crippen MR) is 154 cm³/mol. The maximum atomic E-state index is 13.6. The van der Waals surface area contributed by atoms with E-state index in [2.05, 4.69) is 10.2 Å². The van der Waals surface area contributed by atoms with Crippen molar-refractivity contribution in [1.29, 1.82) is 0 Å². The van der Waals surface area contributed by atoms with Gasteiger partial charge < -0.3 is 24.3 Å². The number of urea groups is 1. The van der Waals surface area contributed by atoms with Crippen LogP contribution in [-0.4, -0.2) is 71.0 Å². The summed E-state index contributed by atoms with van der Waals surface area (Å²) >= 11 is 6.49. The van der Waals surface area contributed by atoms with E-state index >= 15 is 0 Å². The van der Waals surface area contributed by atoms with Crippen molar-refractivity contribution in [3.8, 4) is 5.75 Å². The van der Waals surface area contributed by atoms with Gasteiger partial charge in [0.2, 0.25) is 0 Å². The maximum absolute atomic E-state index is 13.6. The molecule has 232 valence electrons. The monoisotopic (exact) mass is 607 g/mol. The lowest BCUT2D eigenvalue weighted by molar-refractivity contribution is -0.133. The molecule has 1 aliphatic carbocycles. The summed E-state index contributed by atoms with van der Waals surface area (Å²) in [7, 11) is 1.57. The van der Waals surface area contributed by atoms with Gasteiger partial charge in [0.1, 0.15) is 22.5 Å². The molecule has 2 heterocycles. The van der Waals surface area contributed by atoms with Crippen molar-refractivity contribution in [2.75, 3.05) is 20.3 Å². The fourth-order valence-corrected chi connectivity index (χ4v) is 6.37. The molecule has 1 N–H and O–H groups in total. The van der Waals surface area contributed by atoms with Crippen LogP contribution in [0.1, 0.15) is 85.3 Å². The molecule has 4 amide bonds. The molecule has 4 rings (SSSR count). The largest absolute Gasteiger partial charge is 0.508 e. The number of nitrogens with zero attached hydrogens (tertiary/aromatic N) is 2. The van der Waals surface area contributed by atoms with Gasteiger partial charge >= 0.3 is 18.3 Å². The van der Waals surface area contributed by atoms with Crippen LogP contribution in [0.15, 0.2) is 12.1 Å². The normalized spacial score (nSPS) is 24.9. The molecule has 1 atom stereocenters. The molecule has 1 saturated heterocycles. The molecule has 2 spiro atoms. The Kier molecular flexibility index (Phi) is 8.52. The Balaban J connectivity index is 1.56. The average molecular weight is 608 g/mol. The molecule has 12 heteroatoms. The van der Waals surface area contributed by atoms with E-state index in [1.807, 2.05) is 19.1 Å². The predicted octanol–water partition coefficient (Wildman–Crippen LogP) is 5.75. The van der Waals surface area contributed by atoms with Crippen molar-refractivity contribution >= 4 is 35.8 Å². The Labute approximate surface area is 252 Å². The molecular formula is C30H42ClN3O8. The number of amides is 4. The van der Waals surface area contributed by atoms with E-state index in [0.717, 1.165) is 11.1 Å². The molecule has 11 nitrogen and oxygen atoms in total. The molecule has 3 aliphatic rings. The van der Waals surface area contributed by atoms with Crippen LogP contribution in [0.2, 0.25) is 5.02 Å². The highest BCUT2D eigenvalue weighted by Gasteiger charge is 2.60. The number of carbonyl (C=O) groups is 4. The minimum atomic E-state index is -1.20. The minimum Gasteiger partial charge on any atom is -0.495 e. The molecule has 2 aliphatic heterocycles. The first kappa shape index (κ1) is 31.9. The summed E-state index contributed by atoms with van der Waals surface area (Å²) in [5.74, 6) is -0.0683. The molecule has 1 aromatic carbocycles. The summed E-state index contributed by atoms with van der Waals surface area (Å²) < 4.78 is 21.5. The Morgan fingerprint density at radius 2 is 1.64 bits per heavy atom. The zero-order chi connectivity index (χ0) is 31.3. The van der Waals surface area contributed by atoms with Gasteiger partial charge in [0.05, 0.1) is 18.7 Å². The highest BCUT2D eigenvalue weighted by atomic mass is 35.5. The molecule has 1 aromatic rings. The van der Waals surface area contributed by atoms with Crippen molar-refractivity contribution in [3.05, 3.63) is 28.3 Å². The van der Waals surface area contributed by atoms with Gasteiger partial charge in [-0.3, -0.25) is 9.69 Å². The maximum Gasteiger partial charge on any atom is 0.508 e. The number of hydrogen-bond donors (Lipinski definition) is 1. The smallest absolute Gasteiger partial charge is 0.495 e. The lowest BCUT2D eigenvalue weighted by Gasteiger charge is -2.47. The van der Waals surface area contributed by atoms with Crippen LogP contribution in [0.4, 0.5) is 14.4 Å². The first-order valence-electron chi connectivity index (χ1n) is 14.3. The third-order valence-corrected chi connectivity index (χ3v) is 8.22. The second-order valence-electron chi connectivity index (χ2n) is 13.6. The quantitative estimate of drug-likeness (QED) is 0.329. The number of nitrogens with one attached hydrogen (secondary N) is 1. The van der Waals surface area contributed by atoms with Crippen LogP contribution in [-0.2, 0) is 31.1 Å². The summed E-state index contributed by atoms with van der Waals surface area (Å²) in [4.78, 5) is 54.2. The molecule has 0 aromatic heterocycles. The molecular weight excluding hydrogens is 566 g/mol. The molecule has 0 bridgehead atoms. The van der Waals surface area contributed by atoms with Crippen molar-refractivity contribution in [2.24, 2.45) is 5.92 Å². The first-order valence-corrected chi connectivity index (χ1v) is 14.6. The average Bonchev–Trinajstić information content (AvgIpc) is 3.26. The molecule has 0 radical (unpaired) electrons. The number of rotatable bonds is 5. The van der Waals surface area contributed by atoms with Crippen molar-refractivity contribution in [1.82, 2.24) is 15.1 Å². The highest BCUT2D eigenvalue weighted by molar-refractivity contribution is 6.32. The Morgan fingerprint density at radius 3 is 2.21 bits per heavy atom. The number of benzene rings is 1. The zero-order valence-corrected chi connectivity index (χ0v) is 26.5. The minimum absolute atomic E-state index is 0.0348. The van der Waals surface area contributed by atoms with Crippen LogP contribution in [0, 0.1) is 5.92 Å². The standard InChI is InChI=1S/C30H42ClN3O8/c1-18(17-40-26(38)42-28(5,6)7)15-33-16-19-13-21(31)22(39-8)14-20(19)30(33)11-9-29(10-12-30)23(35)34(24(36)32-29)25(37)41-27(2,3)4/h13-14,18H,9-12,15-17H2,1-8H3,(H,32,36)/t18-,29?,30?/m1/s1. The van der Waals surface area contributed by atoms with Gasteiger partial charge in [-0.1, -0.05) is 18.5 Å². The van der Waals surface area contributed by atoms with E-state index in [0.29, 0.717) is 54.4 Å². The summed E-state index contributed by atoms with van der Waals surface area (Å²) in [6.45, 7) is 13.7. The SMILES string of the molecule is COc1cc2c(cc1Cl)CN(C[C@@H](C)COC(=O)OC(C)(C)C)C21CCC2(CC1)NC(=O)N(C(=O)OC(C)(C)C)C2=O. The third kappa shape index (κ3) is 6.32. The second kappa shape index (κ2) is 11.2. The van der Waals surface area contributed by atoms with Gasteiger partial charge in [-0.05, 0) is 90.5 Å².